The number of rotatable bonds is 6. The zero-order valence-corrected chi connectivity index (χ0v) is 22.9. The van der Waals surface area contributed by atoms with Gasteiger partial charge in [-0.15, -0.1) is 0 Å². The van der Waals surface area contributed by atoms with E-state index in [4.69, 9.17) is 16.2 Å². The Hall–Kier alpha value is -2.51. The van der Waals surface area contributed by atoms with Crippen molar-refractivity contribution in [2.45, 2.75) is 12.8 Å². The summed E-state index contributed by atoms with van der Waals surface area (Å²) in [5.74, 6) is 0.307. The Balaban J connectivity index is 0.000000695. The molecule has 13 heteroatoms. The molecule has 37 heavy (non-hydrogen) atoms. The highest BCUT2D eigenvalue weighted by Gasteiger charge is 2.32. The number of hydrogen-bond donors (Lipinski definition) is 1. The third kappa shape index (κ3) is 9.71. The van der Waals surface area contributed by atoms with E-state index in [1.165, 1.54) is 16.1 Å². The third-order valence-corrected chi connectivity index (χ3v) is 7.83. The van der Waals surface area contributed by atoms with E-state index in [1.807, 2.05) is 17.0 Å². The van der Waals surface area contributed by atoms with Gasteiger partial charge in [0.1, 0.15) is 0 Å². The molecular formula is C24H31ClN4O6S2. The molecule has 2 saturated heterocycles. The second-order valence-corrected chi connectivity index (χ2v) is 12.7. The van der Waals surface area contributed by atoms with Crippen molar-refractivity contribution >= 4 is 49.4 Å². The van der Waals surface area contributed by atoms with Gasteiger partial charge in [0.2, 0.25) is 15.9 Å². The number of benzene rings is 1. The Morgan fingerprint density at radius 2 is 1.59 bits per heavy atom. The lowest BCUT2D eigenvalue weighted by atomic mass is 9.95. The number of aromatic nitrogens is 1. The Morgan fingerprint density at radius 1 is 1.00 bits per heavy atom. The summed E-state index contributed by atoms with van der Waals surface area (Å²) < 4.78 is 52.5. The van der Waals surface area contributed by atoms with Crippen LogP contribution in [0.4, 0.5) is 5.69 Å². The van der Waals surface area contributed by atoms with Gasteiger partial charge >= 0.3 is 0 Å². The summed E-state index contributed by atoms with van der Waals surface area (Å²) in [6, 6.07) is 10.9. The summed E-state index contributed by atoms with van der Waals surface area (Å²) in [5.41, 5.74) is 1.92. The van der Waals surface area contributed by atoms with Gasteiger partial charge in [0.15, 0.2) is 0 Å². The predicted octanol–water partition coefficient (Wildman–Crippen LogP) is 2.60. The van der Waals surface area contributed by atoms with Crippen LogP contribution in [0.25, 0.3) is 6.08 Å². The van der Waals surface area contributed by atoms with Crippen molar-refractivity contribution in [1.29, 1.82) is 0 Å². The van der Waals surface area contributed by atoms with Gasteiger partial charge in [0, 0.05) is 61.2 Å². The molecule has 0 atom stereocenters. The number of nitrogens with zero attached hydrogens (tertiary/aromatic N) is 4. The van der Waals surface area contributed by atoms with Crippen LogP contribution >= 0.6 is 11.6 Å². The number of sulfonamides is 1. The molecule has 2 fully saturated rings. The molecule has 1 N–H and O–H groups in total. The third-order valence-electron chi connectivity index (χ3n) is 6.07. The van der Waals surface area contributed by atoms with E-state index >= 15 is 0 Å². The highest BCUT2D eigenvalue weighted by atomic mass is 35.5. The van der Waals surface area contributed by atoms with Crippen LogP contribution in [0.15, 0.2) is 54.2 Å². The fourth-order valence-electron chi connectivity index (χ4n) is 4.16. The van der Waals surface area contributed by atoms with Crippen molar-refractivity contribution in [3.05, 3.63) is 64.8 Å². The molecule has 2 aliphatic rings. The van der Waals surface area contributed by atoms with Crippen molar-refractivity contribution in [3.63, 3.8) is 0 Å². The number of piperidine rings is 1. The van der Waals surface area contributed by atoms with E-state index in [-0.39, 0.29) is 12.5 Å². The van der Waals surface area contributed by atoms with Crippen molar-refractivity contribution < 1.29 is 26.2 Å². The molecule has 0 saturated carbocycles. The van der Waals surface area contributed by atoms with Crippen molar-refractivity contribution in [2.24, 2.45) is 5.92 Å². The van der Waals surface area contributed by atoms with E-state index in [0.717, 1.165) is 36.9 Å². The normalized spacial score (nSPS) is 18.1. The molecule has 2 aliphatic heterocycles. The van der Waals surface area contributed by atoms with Gasteiger partial charge in [-0.2, -0.15) is 12.7 Å². The fourth-order valence-corrected chi connectivity index (χ4v) is 5.42. The number of carbonyl (C=O) groups excluding carboxylic acids is 1. The molecule has 0 unspecified atom stereocenters. The first-order valence-corrected chi connectivity index (χ1v) is 15.4. The van der Waals surface area contributed by atoms with Gasteiger partial charge in [0.05, 0.1) is 12.8 Å². The van der Waals surface area contributed by atoms with E-state index in [2.05, 4.69) is 9.88 Å². The van der Waals surface area contributed by atoms with Crippen LogP contribution in [-0.2, 0) is 24.9 Å². The van der Waals surface area contributed by atoms with E-state index < -0.39 is 20.1 Å². The molecule has 1 aromatic carbocycles. The molecule has 1 aromatic heterocycles. The number of anilines is 1. The SMILES string of the molecule is CS(=O)(=O)O.O=C1CN(S(=O)(=O)C=Cc2ccc(Cl)cc2)CCN1CC1CCN(c2ccncc2)CC1. The molecule has 2 aromatic rings. The Bertz CT molecular complexity index is 1270. The van der Waals surface area contributed by atoms with Gasteiger partial charge in [-0.25, -0.2) is 8.42 Å². The van der Waals surface area contributed by atoms with Gasteiger partial charge in [-0.05, 0) is 54.7 Å². The van der Waals surface area contributed by atoms with Gasteiger partial charge in [-0.3, -0.25) is 14.3 Å². The quantitative estimate of drug-likeness (QED) is 0.525. The molecule has 202 valence electrons. The first kappa shape index (κ1) is 29.1. The van der Waals surface area contributed by atoms with E-state index in [1.54, 1.807) is 36.7 Å². The molecule has 0 bridgehead atoms. The second kappa shape index (κ2) is 12.8. The molecule has 0 aliphatic carbocycles. The van der Waals surface area contributed by atoms with E-state index in [9.17, 15) is 21.6 Å². The summed E-state index contributed by atoms with van der Waals surface area (Å²) in [6.07, 6.45) is 7.87. The highest BCUT2D eigenvalue weighted by molar-refractivity contribution is 7.92. The zero-order chi connectivity index (χ0) is 27.1. The first-order valence-electron chi connectivity index (χ1n) is 11.7. The topological polar surface area (TPSA) is 128 Å². The number of carbonyl (C=O) groups is 1. The van der Waals surface area contributed by atoms with Gasteiger partial charge < -0.3 is 9.80 Å². The molecule has 1 amide bonds. The fraction of sp³-hybridized carbons (Fsp3) is 0.417. The monoisotopic (exact) mass is 570 g/mol. The number of pyridine rings is 1. The molecular weight excluding hydrogens is 540 g/mol. The maximum atomic E-state index is 12.7. The number of amides is 1. The number of halogens is 1. The summed E-state index contributed by atoms with van der Waals surface area (Å²) in [7, 11) is -7.33. The second-order valence-electron chi connectivity index (χ2n) is 8.94. The maximum Gasteiger partial charge on any atom is 0.261 e. The maximum absolute atomic E-state index is 12.7. The van der Waals surface area contributed by atoms with Crippen LogP contribution in [0.3, 0.4) is 0 Å². The van der Waals surface area contributed by atoms with Crippen molar-refractivity contribution in [2.75, 3.05) is 50.4 Å². The van der Waals surface area contributed by atoms with Crippen LogP contribution in [0, 0.1) is 5.92 Å². The summed E-state index contributed by atoms with van der Waals surface area (Å²) in [4.78, 5) is 20.9. The van der Waals surface area contributed by atoms with Gasteiger partial charge in [0.25, 0.3) is 10.1 Å². The lowest BCUT2D eigenvalue weighted by Gasteiger charge is -2.38. The van der Waals surface area contributed by atoms with Crippen LogP contribution in [0.5, 0.6) is 0 Å². The largest absolute Gasteiger partial charge is 0.371 e. The summed E-state index contributed by atoms with van der Waals surface area (Å²) in [6.45, 7) is 3.23. The highest BCUT2D eigenvalue weighted by Crippen LogP contribution is 2.24. The minimum Gasteiger partial charge on any atom is -0.371 e. The minimum atomic E-state index is -3.67. The van der Waals surface area contributed by atoms with Crippen molar-refractivity contribution in [1.82, 2.24) is 14.2 Å². The Morgan fingerprint density at radius 3 is 2.16 bits per heavy atom. The Kier molecular flexibility index (Phi) is 10.1. The molecule has 10 nitrogen and oxygen atoms in total. The Labute approximate surface area is 223 Å². The van der Waals surface area contributed by atoms with Crippen LogP contribution in [0.1, 0.15) is 18.4 Å². The average Bonchev–Trinajstić information content (AvgIpc) is 2.85. The molecule has 0 spiro atoms. The van der Waals surface area contributed by atoms with Gasteiger partial charge in [-0.1, -0.05) is 23.7 Å². The molecule has 4 rings (SSSR count). The number of hydrogen-bond acceptors (Lipinski definition) is 7. The number of piperazine rings is 1. The van der Waals surface area contributed by atoms with Crippen LogP contribution < -0.4 is 4.90 Å². The zero-order valence-electron chi connectivity index (χ0n) is 20.5. The first-order chi connectivity index (χ1) is 17.4. The molecule has 0 radical (unpaired) electrons. The summed E-state index contributed by atoms with van der Waals surface area (Å²) >= 11 is 5.86. The molecule has 3 heterocycles. The predicted molar refractivity (Wildman–Crippen MR) is 144 cm³/mol. The summed E-state index contributed by atoms with van der Waals surface area (Å²) in [5, 5.41) is 1.75. The lowest BCUT2D eigenvalue weighted by molar-refractivity contribution is -0.134. The standard InChI is InChI=1S/C23H27ClN4O3S.CH4O3S/c24-21-3-1-19(2-4-21)9-16-32(30,31)28-15-14-27(23(29)18-28)17-20-7-12-26(13-8-20)22-5-10-25-11-6-22;1-5(2,3)4/h1-6,9-11,16,20H,7-8,12-15,17-18H2;1H3,(H,2,3,4). The smallest absolute Gasteiger partial charge is 0.261 e. The van der Waals surface area contributed by atoms with Crippen LogP contribution in [0.2, 0.25) is 5.02 Å². The van der Waals surface area contributed by atoms with E-state index in [0.29, 0.717) is 36.8 Å². The minimum absolute atomic E-state index is 0.108. The average molecular weight is 571 g/mol. The van der Waals surface area contributed by atoms with Crippen molar-refractivity contribution in [3.8, 4) is 0 Å². The van der Waals surface area contributed by atoms with Crippen LogP contribution in [-0.4, -0.2) is 87.0 Å². The lowest BCUT2D eigenvalue weighted by Crippen LogP contribution is -2.53.